The molecule has 160 valence electrons. The SMILES string of the molecule is [2H]C(C)(C)c1cc(C([2H])(C)C)c(-n2c(-c3ccccc3)[n+](C)c3ccccc32)c(C([2H])(C)C)c1. The number of para-hydroxylation sites is 2. The summed E-state index contributed by atoms with van der Waals surface area (Å²) in [6, 6.07) is 22.6. The Morgan fingerprint density at radius 1 is 0.742 bits per heavy atom. The number of aromatic nitrogens is 2. The van der Waals surface area contributed by atoms with Gasteiger partial charge in [0.1, 0.15) is 5.69 Å². The minimum absolute atomic E-state index is 0.819. The first-order chi connectivity index (χ1) is 15.7. The number of imidazole rings is 1. The van der Waals surface area contributed by atoms with Crippen LogP contribution < -0.4 is 4.57 Å². The highest BCUT2D eigenvalue weighted by Gasteiger charge is 2.30. The zero-order valence-electron chi connectivity index (χ0n) is 22.7. The van der Waals surface area contributed by atoms with E-state index in [4.69, 9.17) is 4.11 Å². The Labute approximate surface area is 191 Å². The van der Waals surface area contributed by atoms with Gasteiger partial charge in [0.2, 0.25) is 0 Å². The van der Waals surface area contributed by atoms with Gasteiger partial charge in [-0.15, -0.1) is 0 Å². The molecule has 0 unspecified atom stereocenters. The Morgan fingerprint density at radius 3 is 1.84 bits per heavy atom. The molecule has 0 fully saturated rings. The molecule has 0 aliphatic rings. The minimum Gasteiger partial charge on any atom is -0.225 e. The summed E-state index contributed by atoms with van der Waals surface area (Å²) < 4.78 is 31.4. The van der Waals surface area contributed by atoms with Crippen molar-refractivity contribution in [3.63, 3.8) is 0 Å². The monoisotopic (exact) mass is 414 g/mol. The largest absolute Gasteiger partial charge is 0.294 e. The fourth-order valence-corrected chi connectivity index (χ4v) is 4.38. The topological polar surface area (TPSA) is 8.81 Å². The van der Waals surface area contributed by atoms with Crippen LogP contribution in [-0.4, -0.2) is 4.57 Å². The molecule has 2 heteroatoms. The molecule has 0 saturated heterocycles. The van der Waals surface area contributed by atoms with Crippen LogP contribution >= 0.6 is 0 Å². The Kier molecular flexibility index (Phi) is 4.78. The van der Waals surface area contributed by atoms with Crippen LogP contribution in [0.25, 0.3) is 28.1 Å². The van der Waals surface area contributed by atoms with Crippen molar-refractivity contribution in [3.05, 3.63) is 83.4 Å². The third-order valence-corrected chi connectivity index (χ3v) is 6.03. The van der Waals surface area contributed by atoms with Gasteiger partial charge in [-0.2, -0.15) is 4.57 Å². The van der Waals surface area contributed by atoms with Gasteiger partial charge in [0.05, 0.1) is 12.6 Å². The Hall–Kier alpha value is -2.87. The Bertz CT molecular complexity index is 1310. The second-order valence-electron chi connectivity index (χ2n) is 8.99. The molecule has 2 nitrogen and oxygen atoms in total. The van der Waals surface area contributed by atoms with E-state index in [1.165, 1.54) is 0 Å². The van der Waals surface area contributed by atoms with Gasteiger partial charge in [0.15, 0.2) is 11.0 Å². The summed E-state index contributed by atoms with van der Waals surface area (Å²) in [5.41, 5.74) is 6.49. The number of fused-ring (bicyclic) bond motifs is 1. The Balaban J connectivity index is 2.27. The molecule has 31 heavy (non-hydrogen) atoms. The predicted molar refractivity (Wildman–Crippen MR) is 132 cm³/mol. The Morgan fingerprint density at radius 2 is 1.29 bits per heavy atom. The first kappa shape index (κ1) is 17.8. The third kappa shape index (κ3) is 3.69. The predicted octanol–water partition coefficient (Wildman–Crippen LogP) is 7.49. The molecule has 0 radical (unpaired) electrons. The molecule has 0 spiro atoms. The number of benzene rings is 3. The van der Waals surface area contributed by atoms with Gasteiger partial charge < -0.3 is 0 Å². The number of rotatable bonds is 5. The molecule has 1 heterocycles. The lowest BCUT2D eigenvalue weighted by atomic mass is 9.87. The van der Waals surface area contributed by atoms with E-state index in [1.807, 2.05) is 84.0 Å². The molecule has 1 aromatic heterocycles. The first-order valence-corrected chi connectivity index (χ1v) is 11.0. The van der Waals surface area contributed by atoms with Crippen molar-refractivity contribution in [2.45, 2.75) is 59.2 Å². The van der Waals surface area contributed by atoms with Gasteiger partial charge in [-0.05, 0) is 47.5 Å². The van der Waals surface area contributed by atoms with E-state index >= 15 is 0 Å². The summed E-state index contributed by atoms with van der Waals surface area (Å²) in [5.74, 6) is -1.72. The zero-order valence-corrected chi connectivity index (χ0v) is 19.7. The van der Waals surface area contributed by atoms with Crippen molar-refractivity contribution < 1.29 is 8.68 Å². The summed E-state index contributed by atoms with van der Waals surface area (Å²) in [4.78, 5) is 0. The molecule has 3 aromatic carbocycles. The summed E-state index contributed by atoms with van der Waals surface area (Å²) in [6.45, 7) is 11.3. The maximum atomic E-state index is 9.11. The molecule has 0 amide bonds. The molecule has 4 rings (SSSR count). The van der Waals surface area contributed by atoms with E-state index in [0.29, 0.717) is 0 Å². The van der Waals surface area contributed by atoms with Gasteiger partial charge in [-0.1, -0.05) is 84.0 Å². The molecule has 0 aliphatic heterocycles. The average Bonchev–Trinajstić information content (AvgIpc) is 3.04. The molecular weight excluding hydrogens is 376 g/mol. The summed E-state index contributed by atoms with van der Waals surface area (Å²) >= 11 is 0. The highest BCUT2D eigenvalue weighted by molar-refractivity contribution is 5.80. The van der Waals surface area contributed by atoms with Crippen LogP contribution in [0.3, 0.4) is 0 Å². The molecule has 4 aromatic rings. The summed E-state index contributed by atoms with van der Waals surface area (Å²) in [5, 5.41) is 0. The van der Waals surface area contributed by atoms with Crippen LogP contribution in [0.1, 0.15) is 80.0 Å². The van der Waals surface area contributed by atoms with Crippen LogP contribution in [0, 0.1) is 0 Å². The van der Waals surface area contributed by atoms with Crippen molar-refractivity contribution in [2.24, 2.45) is 7.05 Å². The van der Waals surface area contributed by atoms with E-state index < -0.39 is 17.7 Å². The molecule has 0 saturated carbocycles. The van der Waals surface area contributed by atoms with Crippen LogP contribution in [-0.2, 0) is 7.05 Å². The van der Waals surface area contributed by atoms with Crippen LogP contribution in [0.15, 0.2) is 66.7 Å². The van der Waals surface area contributed by atoms with Gasteiger partial charge in [-0.25, -0.2) is 4.57 Å². The van der Waals surface area contributed by atoms with Crippen molar-refractivity contribution in [1.29, 1.82) is 0 Å². The lowest BCUT2D eigenvalue weighted by molar-refractivity contribution is -0.633. The minimum atomic E-state index is -0.936. The number of aryl methyl sites for hydroxylation is 1. The van der Waals surface area contributed by atoms with Crippen molar-refractivity contribution in [1.82, 2.24) is 4.57 Å². The van der Waals surface area contributed by atoms with Gasteiger partial charge in [0, 0.05) is 15.2 Å². The van der Waals surface area contributed by atoms with E-state index in [2.05, 4.69) is 40.4 Å². The highest BCUT2D eigenvalue weighted by Crippen LogP contribution is 2.38. The third-order valence-electron chi connectivity index (χ3n) is 6.03. The van der Waals surface area contributed by atoms with Gasteiger partial charge in [-0.3, -0.25) is 0 Å². The van der Waals surface area contributed by atoms with Crippen LogP contribution in [0.5, 0.6) is 0 Å². The molecule has 0 N–H and O–H groups in total. The van der Waals surface area contributed by atoms with E-state index in [9.17, 15) is 0 Å². The molecule has 0 atom stereocenters. The summed E-state index contributed by atoms with van der Waals surface area (Å²) in [6.07, 6.45) is 0. The van der Waals surface area contributed by atoms with Crippen molar-refractivity contribution in [3.8, 4) is 17.1 Å². The zero-order chi connectivity index (χ0) is 25.1. The maximum Gasteiger partial charge on any atom is 0.294 e. The second-order valence-corrected chi connectivity index (χ2v) is 8.99. The summed E-state index contributed by atoms with van der Waals surface area (Å²) in [7, 11) is 2.07. The highest BCUT2D eigenvalue weighted by atomic mass is 15.2. The quantitative estimate of drug-likeness (QED) is 0.299. The van der Waals surface area contributed by atoms with Gasteiger partial charge >= 0.3 is 0 Å². The fourth-order valence-electron chi connectivity index (χ4n) is 4.38. The van der Waals surface area contributed by atoms with Crippen LogP contribution in [0.2, 0.25) is 0 Å². The fraction of sp³-hybridized carbons (Fsp3) is 0.345. The smallest absolute Gasteiger partial charge is 0.225 e. The number of hydrogen-bond donors (Lipinski definition) is 0. The first-order valence-electron chi connectivity index (χ1n) is 12.5. The number of hydrogen-bond acceptors (Lipinski definition) is 0. The van der Waals surface area contributed by atoms with E-state index in [-0.39, 0.29) is 0 Å². The second kappa shape index (κ2) is 8.34. The maximum absolute atomic E-state index is 9.11. The normalized spacial score (nSPS) is 14.4. The van der Waals surface area contributed by atoms with E-state index in [1.54, 1.807) is 0 Å². The molecule has 0 aliphatic carbocycles. The van der Waals surface area contributed by atoms with Crippen LogP contribution in [0.4, 0.5) is 0 Å². The van der Waals surface area contributed by atoms with Gasteiger partial charge in [0.25, 0.3) is 5.82 Å². The number of nitrogens with zero attached hydrogens (tertiary/aromatic N) is 2. The van der Waals surface area contributed by atoms with Crippen molar-refractivity contribution in [2.75, 3.05) is 0 Å². The lowest BCUT2D eigenvalue weighted by Crippen LogP contribution is -2.30. The van der Waals surface area contributed by atoms with E-state index in [0.717, 1.165) is 44.8 Å². The molecule has 0 bridgehead atoms. The van der Waals surface area contributed by atoms with Crippen molar-refractivity contribution >= 4 is 11.0 Å². The average molecular weight is 415 g/mol. The standard InChI is InChI=1S/C29H35N2/c1-19(2)23-17-24(20(3)4)28(25(18-23)21(5)6)31-27-16-12-11-15-26(27)30(7)29(31)22-13-9-8-10-14-22/h8-21H,1-7H3/q+1/i19D,20D,21D. The lowest BCUT2D eigenvalue weighted by Gasteiger charge is -2.21. The molecular formula is C29H35N2+.